The summed E-state index contributed by atoms with van der Waals surface area (Å²) >= 11 is 5.83. The third kappa shape index (κ3) is 3.32. The van der Waals surface area contributed by atoms with Crippen LogP contribution in [0.4, 0.5) is 0 Å². The van der Waals surface area contributed by atoms with Crippen LogP contribution >= 0.6 is 11.6 Å². The molecule has 2 aromatic rings. The van der Waals surface area contributed by atoms with Crippen LogP contribution in [0.15, 0.2) is 36.7 Å². The molecule has 1 heterocycles. The number of hydrogen-bond donors (Lipinski definition) is 1. The van der Waals surface area contributed by atoms with Crippen molar-refractivity contribution in [2.24, 2.45) is 12.8 Å². The SMILES string of the molecule is Cn1cc(C(CN)OCc2ccc(Cl)cc2)cn1. The van der Waals surface area contributed by atoms with E-state index in [4.69, 9.17) is 22.1 Å². The molecule has 0 amide bonds. The fraction of sp³-hybridized carbons (Fsp3) is 0.308. The van der Waals surface area contributed by atoms with Crippen molar-refractivity contribution in [3.05, 3.63) is 52.8 Å². The van der Waals surface area contributed by atoms with Crippen molar-refractivity contribution in [1.29, 1.82) is 0 Å². The number of aromatic nitrogens is 2. The Balaban J connectivity index is 1.97. The van der Waals surface area contributed by atoms with E-state index in [0.717, 1.165) is 16.1 Å². The van der Waals surface area contributed by atoms with E-state index in [1.165, 1.54) is 0 Å². The Labute approximate surface area is 111 Å². The molecule has 0 fully saturated rings. The highest BCUT2D eigenvalue weighted by molar-refractivity contribution is 6.30. The molecular weight excluding hydrogens is 250 g/mol. The van der Waals surface area contributed by atoms with E-state index >= 15 is 0 Å². The zero-order chi connectivity index (χ0) is 13.0. The van der Waals surface area contributed by atoms with E-state index in [-0.39, 0.29) is 6.10 Å². The third-order valence-corrected chi connectivity index (χ3v) is 2.93. The fourth-order valence-corrected chi connectivity index (χ4v) is 1.81. The van der Waals surface area contributed by atoms with Crippen molar-refractivity contribution in [2.75, 3.05) is 6.54 Å². The van der Waals surface area contributed by atoms with Crippen molar-refractivity contribution in [3.8, 4) is 0 Å². The van der Waals surface area contributed by atoms with Crippen LogP contribution in [0.5, 0.6) is 0 Å². The molecule has 0 spiro atoms. The summed E-state index contributed by atoms with van der Waals surface area (Å²) in [7, 11) is 1.87. The van der Waals surface area contributed by atoms with Gasteiger partial charge in [-0.2, -0.15) is 5.10 Å². The lowest BCUT2D eigenvalue weighted by molar-refractivity contribution is 0.0456. The second-order valence-corrected chi connectivity index (χ2v) is 4.55. The van der Waals surface area contributed by atoms with E-state index < -0.39 is 0 Å². The van der Waals surface area contributed by atoms with Crippen LogP contribution in [0.25, 0.3) is 0 Å². The van der Waals surface area contributed by atoms with Crippen molar-refractivity contribution >= 4 is 11.6 Å². The van der Waals surface area contributed by atoms with Gasteiger partial charge in [0.25, 0.3) is 0 Å². The highest BCUT2D eigenvalue weighted by atomic mass is 35.5. The zero-order valence-corrected chi connectivity index (χ0v) is 11.0. The lowest BCUT2D eigenvalue weighted by Gasteiger charge is -2.14. The molecule has 4 nitrogen and oxygen atoms in total. The molecule has 0 bridgehead atoms. The van der Waals surface area contributed by atoms with Gasteiger partial charge in [-0.25, -0.2) is 0 Å². The first kappa shape index (κ1) is 13.1. The van der Waals surface area contributed by atoms with Crippen LogP contribution < -0.4 is 5.73 Å². The second kappa shape index (κ2) is 6.00. The predicted octanol–water partition coefficient (Wildman–Crippen LogP) is 2.29. The molecule has 1 aromatic carbocycles. The Morgan fingerprint density at radius 3 is 2.67 bits per heavy atom. The van der Waals surface area contributed by atoms with Crippen LogP contribution in [-0.4, -0.2) is 16.3 Å². The molecule has 5 heteroatoms. The van der Waals surface area contributed by atoms with Gasteiger partial charge in [0.1, 0.15) is 0 Å². The molecule has 2 N–H and O–H groups in total. The molecule has 0 saturated heterocycles. The van der Waals surface area contributed by atoms with Crippen LogP contribution in [0, 0.1) is 0 Å². The van der Waals surface area contributed by atoms with Crippen LogP contribution in [0.2, 0.25) is 5.02 Å². The normalized spacial score (nSPS) is 12.6. The number of nitrogens with two attached hydrogens (primary N) is 1. The number of rotatable bonds is 5. The van der Waals surface area contributed by atoms with Crippen LogP contribution in [0.1, 0.15) is 17.2 Å². The van der Waals surface area contributed by atoms with Gasteiger partial charge in [0, 0.05) is 30.4 Å². The smallest absolute Gasteiger partial charge is 0.0981 e. The first-order chi connectivity index (χ1) is 8.69. The van der Waals surface area contributed by atoms with E-state index in [2.05, 4.69) is 5.10 Å². The Hall–Kier alpha value is -1.36. The lowest BCUT2D eigenvalue weighted by Crippen LogP contribution is -2.15. The summed E-state index contributed by atoms with van der Waals surface area (Å²) in [6, 6.07) is 7.59. The van der Waals surface area contributed by atoms with Gasteiger partial charge in [-0.3, -0.25) is 4.68 Å². The number of hydrogen-bond acceptors (Lipinski definition) is 3. The molecule has 0 aliphatic rings. The Morgan fingerprint density at radius 1 is 1.39 bits per heavy atom. The molecule has 96 valence electrons. The molecule has 0 aliphatic carbocycles. The second-order valence-electron chi connectivity index (χ2n) is 4.11. The summed E-state index contributed by atoms with van der Waals surface area (Å²) in [5, 5.41) is 4.84. The first-order valence-corrected chi connectivity index (χ1v) is 6.11. The lowest BCUT2D eigenvalue weighted by atomic mass is 10.2. The van der Waals surface area contributed by atoms with Gasteiger partial charge in [0.15, 0.2) is 0 Å². The van der Waals surface area contributed by atoms with Crippen molar-refractivity contribution in [3.63, 3.8) is 0 Å². The molecule has 1 aromatic heterocycles. The van der Waals surface area contributed by atoms with E-state index in [0.29, 0.717) is 13.2 Å². The van der Waals surface area contributed by atoms with Gasteiger partial charge in [-0.05, 0) is 17.7 Å². The van der Waals surface area contributed by atoms with Gasteiger partial charge < -0.3 is 10.5 Å². The number of halogens is 1. The molecule has 2 rings (SSSR count). The molecule has 1 atom stereocenters. The van der Waals surface area contributed by atoms with Gasteiger partial charge in [0.05, 0.1) is 18.9 Å². The minimum atomic E-state index is -0.130. The van der Waals surface area contributed by atoms with Gasteiger partial charge in [-0.1, -0.05) is 23.7 Å². The summed E-state index contributed by atoms with van der Waals surface area (Å²) in [6.07, 6.45) is 3.56. The number of nitrogens with zero attached hydrogens (tertiary/aromatic N) is 2. The molecule has 1 unspecified atom stereocenters. The highest BCUT2D eigenvalue weighted by Crippen LogP contribution is 2.18. The van der Waals surface area contributed by atoms with Crippen molar-refractivity contribution in [2.45, 2.75) is 12.7 Å². The monoisotopic (exact) mass is 265 g/mol. The number of benzene rings is 1. The average molecular weight is 266 g/mol. The van der Waals surface area contributed by atoms with Gasteiger partial charge in [0.2, 0.25) is 0 Å². The first-order valence-electron chi connectivity index (χ1n) is 5.73. The molecule has 0 aliphatic heterocycles. The maximum absolute atomic E-state index is 5.83. The predicted molar refractivity (Wildman–Crippen MR) is 71.2 cm³/mol. The van der Waals surface area contributed by atoms with Crippen LogP contribution in [0.3, 0.4) is 0 Å². The summed E-state index contributed by atoms with van der Waals surface area (Å²) in [6.45, 7) is 0.938. The van der Waals surface area contributed by atoms with E-state index in [1.54, 1.807) is 10.9 Å². The average Bonchev–Trinajstić information content (AvgIpc) is 2.79. The molecule has 0 saturated carbocycles. The van der Waals surface area contributed by atoms with E-state index in [9.17, 15) is 0 Å². The summed E-state index contributed by atoms with van der Waals surface area (Å²) in [4.78, 5) is 0. The Morgan fingerprint density at radius 2 is 2.11 bits per heavy atom. The summed E-state index contributed by atoms with van der Waals surface area (Å²) in [5.74, 6) is 0. The number of ether oxygens (including phenoxy) is 1. The standard InChI is InChI=1S/C13H16ClN3O/c1-17-8-11(7-16-17)13(6-15)18-9-10-2-4-12(14)5-3-10/h2-5,7-8,13H,6,9,15H2,1H3. The van der Waals surface area contributed by atoms with Crippen LogP contribution in [-0.2, 0) is 18.4 Å². The van der Waals surface area contributed by atoms with Gasteiger partial charge >= 0.3 is 0 Å². The highest BCUT2D eigenvalue weighted by Gasteiger charge is 2.12. The van der Waals surface area contributed by atoms with Crippen molar-refractivity contribution < 1.29 is 4.74 Å². The maximum atomic E-state index is 5.83. The maximum Gasteiger partial charge on any atom is 0.0981 e. The van der Waals surface area contributed by atoms with Gasteiger partial charge in [-0.15, -0.1) is 0 Å². The Bertz CT molecular complexity index is 495. The summed E-state index contributed by atoms with van der Waals surface area (Å²) < 4.78 is 7.53. The topological polar surface area (TPSA) is 53.1 Å². The largest absolute Gasteiger partial charge is 0.367 e. The summed E-state index contributed by atoms with van der Waals surface area (Å²) in [5.41, 5.74) is 7.78. The third-order valence-electron chi connectivity index (χ3n) is 2.68. The zero-order valence-electron chi connectivity index (χ0n) is 10.2. The quantitative estimate of drug-likeness (QED) is 0.902. The molecule has 18 heavy (non-hydrogen) atoms. The molecular formula is C13H16ClN3O. The Kier molecular flexibility index (Phi) is 4.36. The minimum absolute atomic E-state index is 0.130. The molecule has 0 radical (unpaired) electrons. The van der Waals surface area contributed by atoms with Crippen molar-refractivity contribution in [1.82, 2.24) is 9.78 Å². The minimum Gasteiger partial charge on any atom is -0.367 e. The fourth-order valence-electron chi connectivity index (χ4n) is 1.68. The number of aryl methyl sites for hydroxylation is 1. The van der Waals surface area contributed by atoms with E-state index in [1.807, 2.05) is 37.5 Å².